The second-order valence-electron chi connectivity index (χ2n) is 7.89. The van der Waals surface area contributed by atoms with Gasteiger partial charge in [0.15, 0.2) is 0 Å². The Morgan fingerprint density at radius 2 is 1.61 bits per heavy atom. The van der Waals surface area contributed by atoms with E-state index in [4.69, 9.17) is 15.2 Å². The van der Waals surface area contributed by atoms with Crippen molar-refractivity contribution >= 4 is 43.3 Å². The molecule has 3 N–H and O–H groups in total. The molecule has 7 nitrogen and oxygen atoms in total. The number of ketones is 1. The van der Waals surface area contributed by atoms with Crippen LogP contribution in [-0.2, 0) is 16.3 Å². The molecule has 0 aliphatic heterocycles. The molecule has 4 rings (SSSR count). The number of hydrogen-bond donors (Lipinski definition) is 2. The predicted octanol–water partition coefficient (Wildman–Crippen LogP) is 5.72. The number of nitrogens with one attached hydrogen (secondary N) is 1. The van der Waals surface area contributed by atoms with Gasteiger partial charge in [0.1, 0.15) is 26.3 Å². The summed E-state index contributed by atoms with van der Waals surface area (Å²) in [6, 6.07) is 20.3. The maximum atomic E-state index is 13.8. The lowest BCUT2D eigenvalue weighted by molar-refractivity contribution is 0.104. The van der Waals surface area contributed by atoms with Crippen LogP contribution >= 0.6 is 11.3 Å². The summed E-state index contributed by atoms with van der Waals surface area (Å²) in [5, 5.41) is 3.37. The zero-order chi connectivity index (χ0) is 25.9. The summed E-state index contributed by atoms with van der Waals surface area (Å²) in [5.41, 5.74) is 8.24. The van der Waals surface area contributed by atoms with Crippen LogP contribution in [0.25, 0.3) is 0 Å². The summed E-state index contributed by atoms with van der Waals surface area (Å²) in [7, 11) is -1.00. The van der Waals surface area contributed by atoms with Crippen molar-refractivity contribution in [1.82, 2.24) is 0 Å². The molecule has 0 spiro atoms. The van der Waals surface area contributed by atoms with Gasteiger partial charge >= 0.3 is 0 Å². The first-order valence-corrected chi connectivity index (χ1v) is 13.4. The number of aryl methyl sites for hydroxylation is 1. The second kappa shape index (κ2) is 10.4. The second-order valence-corrected chi connectivity index (χ2v) is 10.8. The Morgan fingerprint density at radius 1 is 0.944 bits per heavy atom. The van der Waals surface area contributed by atoms with Crippen molar-refractivity contribution in [2.75, 3.05) is 25.3 Å². The zero-order valence-electron chi connectivity index (χ0n) is 20.1. The molecule has 1 aromatic heterocycles. The van der Waals surface area contributed by atoms with E-state index in [-0.39, 0.29) is 31.1 Å². The van der Waals surface area contributed by atoms with E-state index in [0.29, 0.717) is 22.7 Å². The van der Waals surface area contributed by atoms with E-state index < -0.39 is 9.84 Å². The first-order valence-electron chi connectivity index (χ1n) is 11.1. The Hall–Kier alpha value is -3.82. The number of carbonyl (C=O) groups is 1. The number of nitrogen functional groups attached to an aromatic ring is 1. The maximum absolute atomic E-state index is 13.8. The Kier molecular flexibility index (Phi) is 7.32. The number of anilines is 3. The topological polar surface area (TPSA) is 108 Å². The van der Waals surface area contributed by atoms with Crippen molar-refractivity contribution in [1.29, 1.82) is 0 Å². The fraction of sp³-hybridized carbons (Fsp3) is 0.148. The van der Waals surface area contributed by atoms with Crippen LogP contribution in [0, 0.1) is 0 Å². The average Bonchev–Trinajstić information content (AvgIpc) is 3.24. The molecule has 0 atom stereocenters. The van der Waals surface area contributed by atoms with Gasteiger partial charge in [0.25, 0.3) is 0 Å². The first-order chi connectivity index (χ1) is 17.3. The van der Waals surface area contributed by atoms with Crippen LogP contribution < -0.4 is 20.5 Å². The Labute approximate surface area is 214 Å². The molecule has 1 heterocycles. The summed E-state index contributed by atoms with van der Waals surface area (Å²) in [6.45, 7) is 1.99. The Bertz CT molecular complexity index is 1490. The SMILES string of the molecule is CCc1ccc(S(=O)(=O)c2c(Nc3ccccc3OC)sc(C(=O)c3ccc(OC)cc3)c2N)cc1. The zero-order valence-corrected chi connectivity index (χ0v) is 21.7. The number of methoxy groups -OCH3 is 2. The van der Waals surface area contributed by atoms with Gasteiger partial charge < -0.3 is 20.5 Å². The molecule has 0 saturated carbocycles. The molecule has 0 aliphatic carbocycles. The van der Waals surface area contributed by atoms with E-state index in [2.05, 4.69) is 5.32 Å². The molecule has 3 aromatic carbocycles. The maximum Gasteiger partial charge on any atom is 0.211 e. The van der Waals surface area contributed by atoms with E-state index in [1.165, 1.54) is 14.2 Å². The largest absolute Gasteiger partial charge is 0.497 e. The quantitative estimate of drug-likeness (QED) is 0.271. The molecular weight excluding hydrogens is 496 g/mol. The van der Waals surface area contributed by atoms with Crippen molar-refractivity contribution in [3.05, 3.63) is 88.8 Å². The van der Waals surface area contributed by atoms with Crippen molar-refractivity contribution in [2.24, 2.45) is 0 Å². The smallest absolute Gasteiger partial charge is 0.211 e. The molecule has 0 bridgehead atoms. The number of benzene rings is 3. The summed E-state index contributed by atoms with van der Waals surface area (Å²) < 4.78 is 38.2. The minimum absolute atomic E-state index is 0.0933. The summed E-state index contributed by atoms with van der Waals surface area (Å²) in [4.78, 5) is 13.5. The molecule has 0 saturated heterocycles. The van der Waals surface area contributed by atoms with Gasteiger partial charge in [0, 0.05) is 5.56 Å². The Morgan fingerprint density at radius 3 is 2.22 bits per heavy atom. The average molecular weight is 523 g/mol. The van der Waals surface area contributed by atoms with E-state index >= 15 is 0 Å². The molecule has 9 heteroatoms. The van der Waals surface area contributed by atoms with Crippen LogP contribution in [0.2, 0.25) is 0 Å². The highest BCUT2D eigenvalue weighted by Crippen LogP contribution is 2.45. The van der Waals surface area contributed by atoms with Crippen molar-refractivity contribution in [2.45, 2.75) is 23.1 Å². The third-order valence-corrected chi connectivity index (χ3v) is 8.83. The number of thiophene rings is 1. The van der Waals surface area contributed by atoms with Crippen molar-refractivity contribution in [3.63, 3.8) is 0 Å². The van der Waals surface area contributed by atoms with Crippen LogP contribution in [-0.4, -0.2) is 28.4 Å². The van der Waals surface area contributed by atoms with Gasteiger partial charge in [-0.15, -0.1) is 11.3 Å². The molecule has 4 aromatic rings. The summed E-state index contributed by atoms with van der Waals surface area (Å²) >= 11 is 0.991. The molecule has 186 valence electrons. The van der Waals surface area contributed by atoms with Gasteiger partial charge in [0.05, 0.1) is 30.5 Å². The fourth-order valence-corrected chi connectivity index (χ4v) is 6.64. The van der Waals surface area contributed by atoms with Crippen LogP contribution in [0.5, 0.6) is 11.5 Å². The standard InChI is InChI=1S/C27H26N2O5S2/c1-4-17-9-15-20(16-10-17)36(31,32)26-23(28)25(24(30)18-11-13-19(33-2)14-12-18)35-27(26)29-21-7-5-6-8-22(21)34-3/h5-16,29H,4,28H2,1-3H3. The molecular formula is C27H26N2O5S2. The Balaban J connectivity index is 1.87. The van der Waals surface area contributed by atoms with Gasteiger partial charge in [-0.25, -0.2) is 8.42 Å². The third-order valence-electron chi connectivity index (χ3n) is 5.72. The lowest BCUT2D eigenvalue weighted by atomic mass is 10.1. The van der Waals surface area contributed by atoms with Crippen LogP contribution in [0.3, 0.4) is 0 Å². The van der Waals surface area contributed by atoms with E-state index in [1.807, 2.05) is 6.92 Å². The molecule has 0 radical (unpaired) electrons. The minimum atomic E-state index is -4.06. The van der Waals surface area contributed by atoms with Gasteiger partial charge in [-0.2, -0.15) is 0 Å². The third kappa shape index (κ3) is 4.80. The highest BCUT2D eigenvalue weighted by molar-refractivity contribution is 7.92. The molecule has 36 heavy (non-hydrogen) atoms. The van der Waals surface area contributed by atoms with Crippen molar-refractivity contribution in [3.8, 4) is 11.5 Å². The van der Waals surface area contributed by atoms with Gasteiger partial charge in [0.2, 0.25) is 15.6 Å². The molecule has 0 unspecified atom stereocenters. The van der Waals surface area contributed by atoms with Crippen LogP contribution in [0.4, 0.5) is 16.4 Å². The number of sulfone groups is 1. The van der Waals surface area contributed by atoms with Gasteiger partial charge in [-0.3, -0.25) is 4.79 Å². The summed E-state index contributed by atoms with van der Waals surface area (Å²) in [6.07, 6.45) is 0.780. The van der Waals surface area contributed by atoms with Crippen LogP contribution in [0.15, 0.2) is 82.6 Å². The van der Waals surface area contributed by atoms with Gasteiger partial charge in [-0.05, 0) is 60.5 Å². The molecule has 0 amide bonds. The number of nitrogens with two attached hydrogens (primary N) is 1. The monoisotopic (exact) mass is 522 g/mol. The highest BCUT2D eigenvalue weighted by atomic mass is 32.2. The lowest BCUT2D eigenvalue weighted by Gasteiger charge is -2.12. The number of hydrogen-bond acceptors (Lipinski definition) is 8. The molecule has 0 fully saturated rings. The van der Waals surface area contributed by atoms with E-state index in [9.17, 15) is 13.2 Å². The minimum Gasteiger partial charge on any atom is -0.497 e. The predicted molar refractivity (Wildman–Crippen MR) is 143 cm³/mol. The number of ether oxygens (including phenoxy) is 2. The molecule has 0 aliphatic rings. The van der Waals surface area contributed by atoms with Gasteiger partial charge in [-0.1, -0.05) is 31.2 Å². The fourth-order valence-electron chi connectivity index (χ4n) is 3.71. The van der Waals surface area contributed by atoms with E-state index in [0.717, 1.165) is 23.3 Å². The van der Waals surface area contributed by atoms with Crippen LogP contribution in [0.1, 0.15) is 27.7 Å². The van der Waals surface area contributed by atoms with Crippen molar-refractivity contribution < 1.29 is 22.7 Å². The number of rotatable bonds is 9. The number of carbonyl (C=O) groups excluding carboxylic acids is 1. The lowest BCUT2D eigenvalue weighted by Crippen LogP contribution is -2.08. The number of para-hydroxylation sites is 2. The normalized spacial score (nSPS) is 11.2. The van der Waals surface area contributed by atoms with E-state index in [1.54, 1.807) is 72.8 Å². The summed E-state index contributed by atoms with van der Waals surface area (Å²) in [5.74, 6) is 0.734. The first kappa shape index (κ1) is 25.3. The highest BCUT2D eigenvalue weighted by Gasteiger charge is 2.32.